The number of carbonyl (C=O) groups excluding carboxylic acids is 1. The van der Waals surface area contributed by atoms with Gasteiger partial charge in [-0.25, -0.2) is 14.4 Å². The van der Waals surface area contributed by atoms with Crippen molar-refractivity contribution in [1.82, 2.24) is 14.8 Å². The summed E-state index contributed by atoms with van der Waals surface area (Å²) >= 11 is 9.22. The minimum Gasteiger partial charge on any atom is -0.338 e. The smallest absolute Gasteiger partial charge is 0.281 e. The lowest BCUT2D eigenvalue weighted by molar-refractivity contribution is 0.325. The van der Waals surface area contributed by atoms with E-state index in [1.807, 2.05) is 0 Å². The third-order valence-electron chi connectivity index (χ3n) is 4.02. The molecule has 1 aromatic carbocycles. The molecular weight excluding hydrogens is 371 g/mol. The van der Waals surface area contributed by atoms with Crippen molar-refractivity contribution >= 4 is 52.0 Å². The Morgan fingerprint density at radius 3 is 3.09 bits per heavy atom. The lowest BCUT2D eigenvalue weighted by Gasteiger charge is -2.31. The van der Waals surface area contributed by atoms with Crippen LogP contribution in [-0.4, -0.2) is 41.5 Å². The molecule has 0 radical (unpaired) electrons. The Labute approximate surface area is 141 Å². The van der Waals surface area contributed by atoms with Crippen molar-refractivity contribution in [2.24, 2.45) is 0 Å². The number of aromatic nitrogens is 2. The van der Waals surface area contributed by atoms with E-state index in [4.69, 9.17) is 11.6 Å². The Morgan fingerprint density at radius 2 is 2.32 bits per heavy atom. The van der Waals surface area contributed by atoms with Crippen molar-refractivity contribution < 1.29 is 9.18 Å². The fraction of sp³-hybridized carbons (Fsp3) is 0.357. The minimum atomic E-state index is -0.466. The van der Waals surface area contributed by atoms with Gasteiger partial charge in [0.05, 0.1) is 21.4 Å². The quantitative estimate of drug-likeness (QED) is 0.464. The van der Waals surface area contributed by atoms with Gasteiger partial charge in [0.1, 0.15) is 11.8 Å². The van der Waals surface area contributed by atoms with E-state index in [1.165, 1.54) is 6.33 Å². The summed E-state index contributed by atoms with van der Waals surface area (Å²) in [5.74, 6) is -0.317. The number of rotatable bonds is 3. The van der Waals surface area contributed by atoms with Gasteiger partial charge in [0, 0.05) is 11.3 Å². The highest BCUT2D eigenvalue weighted by Gasteiger charge is 2.25. The number of nitrogens with zero attached hydrogens (tertiary/aromatic N) is 3. The summed E-state index contributed by atoms with van der Waals surface area (Å²) < 4.78 is 14.5. The molecular formula is C14H13BBrClFN3O. The van der Waals surface area contributed by atoms with Gasteiger partial charge in [-0.2, -0.15) is 0 Å². The summed E-state index contributed by atoms with van der Waals surface area (Å²) in [6.07, 6.45) is 4.24. The molecule has 1 unspecified atom stereocenters. The maximum Gasteiger partial charge on any atom is 0.281 e. The van der Waals surface area contributed by atoms with Gasteiger partial charge in [0.25, 0.3) is 7.41 Å². The third-order valence-corrected chi connectivity index (χ3v) is 5.32. The van der Waals surface area contributed by atoms with Crippen LogP contribution in [0, 0.1) is 5.82 Å². The molecule has 3 rings (SSSR count). The van der Waals surface area contributed by atoms with E-state index >= 15 is 0 Å². The highest BCUT2D eigenvalue weighted by Crippen LogP contribution is 2.35. The van der Waals surface area contributed by atoms with Crippen molar-refractivity contribution in [3.63, 3.8) is 0 Å². The zero-order valence-corrected chi connectivity index (χ0v) is 14.1. The Bertz CT molecular complexity index is 733. The van der Waals surface area contributed by atoms with Gasteiger partial charge < -0.3 is 9.61 Å². The van der Waals surface area contributed by atoms with E-state index in [1.54, 1.807) is 6.07 Å². The van der Waals surface area contributed by atoms with Crippen LogP contribution in [0.5, 0.6) is 0 Å². The summed E-state index contributed by atoms with van der Waals surface area (Å²) in [7, 11) is 0.417. The van der Waals surface area contributed by atoms with Gasteiger partial charge in [-0.05, 0) is 47.9 Å². The number of piperidine rings is 1. The minimum absolute atomic E-state index is 0.149. The monoisotopic (exact) mass is 383 g/mol. The Morgan fingerprint density at radius 1 is 1.50 bits per heavy atom. The van der Waals surface area contributed by atoms with Gasteiger partial charge in [-0.1, -0.05) is 11.6 Å². The van der Waals surface area contributed by atoms with Crippen molar-refractivity contribution in [3.05, 3.63) is 33.4 Å². The molecule has 1 aliphatic rings. The first-order valence-corrected chi connectivity index (χ1v) is 8.23. The lowest BCUT2D eigenvalue weighted by Crippen LogP contribution is -2.38. The first kappa shape index (κ1) is 15.8. The highest BCUT2D eigenvalue weighted by atomic mass is 79.9. The van der Waals surface area contributed by atoms with Crippen molar-refractivity contribution in [3.8, 4) is 0 Å². The van der Waals surface area contributed by atoms with Crippen LogP contribution >= 0.6 is 27.5 Å². The number of carbonyl (C=O) groups is 1. The Hall–Kier alpha value is -1.05. The normalized spacial score (nSPS) is 19.3. The highest BCUT2D eigenvalue weighted by molar-refractivity contribution is 9.10. The van der Waals surface area contributed by atoms with E-state index in [0.717, 1.165) is 37.8 Å². The lowest BCUT2D eigenvalue weighted by atomic mass is 9.85. The van der Waals surface area contributed by atoms with E-state index in [0.29, 0.717) is 17.8 Å². The summed E-state index contributed by atoms with van der Waals surface area (Å²) in [6, 6.07) is 1.71. The second-order valence-corrected chi connectivity index (χ2v) is 6.61. The molecule has 0 bridgehead atoms. The molecule has 2 aromatic rings. The maximum absolute atomic E-state index is 14.3. The Balaban J connectivity index is 2.05. The molecule has 2 heterocycles. The molecule has 1 fully saturated rings. The average Bonchev–Trinajstić information content (AvgIpc) is 2.53. The topological polar surface area (TPSA) is 46.1 Å². The largest absolute Gasteiger partial charge is 0.338 e. The van der Waals surface area contributed by atoms with Gasteiger partial charge in [-0.15, -0.1) is 0 Å². The maximum atomic E-state index is 14.3. The molecule has 1 atom stereocenters. The van der Waals surface area contributed by atoms with Crippen LogP contribution in [0.25, 0.3) is 10.9 Å². The number of benzene rings is 1. The SMILES string of the molecule is O=CBN1CCCC(c2ncnc3c(F)c(Br)c(Cl)cc23)C1. The predicted molar refractivity (Wildman–Crippen MR) is 89.7 cm³/mol. The van der Waals surface area contributed by atoms with Crippen molar-refractivity contribution in [1.29, 1.82) is 0 Å². The number of hydrogen-bond acceptors (Lipinski definition) is 4. The second kappa shape index (κ2) is 6.60. The van der Waals surface area contributed by atoms with Gasteiger partial charge >= 0.3 is 0 Å². The molecule has 1 aromatic heterocycles. The van der Waals surface area contributed by atoms with E-state index in [9.17, 15) is 9.18 Å². The third kappa shape index (κ3) is 2.89. The van der Waals surface area contributed by atoms with Crippen LogP contribution in [0.2, 0.25) is 5.02 Å². The van der Waals surface area contributed by atoms with Gasteiger partial charge in [0.15, 0.2) is 5.82 Å². The second-order valence-electron chi connectivity index (χ2n) is 5.41. The van der Waals surface area contributed by atoms with Crippen LogP contribution in [0.1, 0.15) is 24.5 Å². The van der Waals surface area contributed by atoms with Gasteiger partial charge in [0.2, 0.25) is 0 Å². The summed E-state index contributed by atoms with van der Waals surface area (Å²) in [5.41, 5.74) is 1.07. The molecule has 0 saturated carbocycles. The van der Waals surface area contributed by atoms with Crippen LogP contribution in [0.3, 0.4) is 0 Å². The zero-order valence-electron chi connectivity index (χ0n) is 11.7. The number of halogens is 3. The average molecular weight is 384 g/mol. The predicted octanol–water partition coefficient (Wildman–Crippen LogP) is 2.91. The summed E-state index contributed by atoms with van der Waals surface area (Å²) in [6.45, 7) is 1.64. The van der Waals surface area contributed by atoms with Crippen LogP contribution in [0.4, 0.5) is 4.39 Å². The number of hydrogen-bond donors (Lipinski definition) is 0. The molecule has 0 amide bonds. The standard InChI is InChI=1S/C14H13BBrClFN3O/c16-11-10(17)4-9-13(19-7-20-14(9)12(11)18)8-2-1-3-21(5-8)15-6-22/h4,6-8,15H,1-3,5H2. The van der Waals surface area contributed by atoms with Gasteiger partial charge in [-0.3, -0.25) is 0 Å². The molecule has 22 heavy (non-hydrogen) atoms. The molecule has 4 nitrogen and oxygen atoms in total. The molecule has 0 aliphatic carbocycles. The molecule has 1 saturated heterocycles. The summed E-state index contributed by atoms with van der Waals surface area (Å²) in [5, 5.41) is 0.952. The first-order chi connectivity index (χ1) is 10.6. The first-order valence-electron chi connectivity index (χ1n) is 7.06. The van der Waals surface area contributed by atoms with E-state index in [-0.39, 0.29) is 15.9 Å². The van der Waals surface area contributed by atoms with Crippen LogP contribution < -0.4 is 0 Å². The Kier molecular flexibility index (Phi) is 4.75. The van der Waals surface area contributed by atoms with Crippen LogP contribution in [-0.2, 0) is 4.79 Å². The fourth-order valence-electron chi connectivity index (χ4n) is 3.00. The summed E-state index contributed by atoms with van der Waals surface area (Å²) in [4.78, 5) is 21.2. The van der Waals surface area contributed by atoms with E-state index in [2.05, 4.69) is 30.7 Å². The van der Waals surface area contributed by atoms with E-state index < -0.39 is 5.82 Å². The van der Waals surface area contributed by atoms with Crippen molar-refractivity contribution in [2.45, 2.75) is 18.8 Å². The number of fused-ring (bicyclic) bond motifs is 1. The zero-order chi connectivity index (χ0) is 15.7. The van der Waals surface area contributed by atoms with Crippen LogP contribution in [0.15, 0.2) is 16.9 Å². The molecule has 114 valence electrons. The molecule has 0 N–H and O–H groups in total. The van der Waals surface area contributed by atoms with Crippen molar-refractivity contribution in [2.75, 3.05) is 13.1 Å². The molecule has 1 aliphatic heterocycles. The fourth-order valence-corrected chi connectivity index (χ4v) is 3.49. The molecule has 0 spiro atoms. The molecule has 8 heteroatoms.